The molecule has 0 unspecified atom stereocenters. The first kappa shape index (κ1) is 20.7. The number of carbonyl (C=O) groups excluding carboxylic acids is 1. The van der Waals surface area contributed by atoms with Gasteiger partial charge in [-0.15, -0.1) is 0 Å². The summed E-state index contributed by atoms with van der Waals surface area (Å²) >= 11 is 0. The fourth-order valence-electron chi connectivity index (χ4n) is 3.94. The Labute approximate surface area is 192 Å². The summed E-state index contributed by atoms with van der Waals surface area (Å²) < 4.78 is 5.93. The number of nitrogens with one attached hydrogen (secondary N) is 2. The summed E-state index contributed by atoms with van der Waals surface area (Å²) in [5.41, 5.74) is 12.5. The molecule has 1 amide bonds. The number of fused-ring (bicyclic) bond motifs is 1. The van der Waals surface area contributed by atoms with E-state index in [-0.39, 0.29) is 11.9 Å². The van der Waals surface area contributed by atoms with E-state index in [4.69, 9.17) is 10.5 Å². The fraction of sp³-hybridized carbons (Fsp3) is 0.111. The maximum atomic E-state index is 12.5. The minimum absolute atomic E-state index is 0.112. The highest BCUT2D eigenvalue weighted by Crippen LogP contribution is 2.36. The molecule has 1 atom stereocenters. The van der Waals surface area contributed by atoms with E-state index in [2.05, 4.69) is 27.4 Å². The Hall–Kier alpha value is -4.16. The number of aromatic amines is 1. The number of hydrogen-bond donors (Lipinski definition) is 3. The molecule has 0 saturated carbocycles. The van der Waals surface area contributed by atoms with Gasteiger partial charge in [-0.05, 0) is 54.0 Å². The van der Waals surface area contributed by atoms with Crippen LogP contribution in [0.5, 0.6) is 5.75 Å². The molecule has 3 heterocycles. The van der Waals surface area contributed by atoms with Crippen LogP contribution in [0.4, 0.5) is 5.69 Å². The third-order valence-electron chi connectivity index (χ3n) is 5.58. The minimum atomic E-state index is -0.117. The molecule has 2 aromatic heterocycles. The van der Waals surface area contributed by atoms with Gasteiger partial charge in [0, 0.05) is 40.9 Å². The highest BCUT2D eigenvalue weighted by atomic mass is 16.5. The normalized spacial score (nSPS) is 14.7. The molecule has 0 radical (unpaired) electrons. The smallest absolute Gasteiger partial charge is 0.256 e. The van der Waals surface area contributed by atoms with E-state index in [1.165, 1.54) is 5.56 Å². The molecule has 0 bridgehead atoms. The molecule has 4 aromatic rings. The Balaban J connectivity index is 1.33. The lowest BCUT2D eigenvalue weighted by Gasteiger charge is -2.14. The zero-order valence-corrected chi connectivity index (χ0v) is 18.0. The third kappa shape index (κ3) is 4.71. The molecule has 1 aliphatic rings. The summed E-state index contributed by atoms with van der Waals surface area (Å²) in [4.78, 5) is 20.0. The maximum Gasteiger partial charge on any atom is 0.256 e. The van der Waals surface area contributed by atoms with E-state index in [1.807, 2.05) is 66.9 Å². The lowest BCUT2D eigenvalue weighted by Crippen LogP contribution is -2.30. The summed E-state index contributed by atoms with van der Waals surface area (Å²) in [6.07, 6.45) is 7.91. The van der Waals surface area contributed by atoms with Gasteiger partial charge in [0.2, 0.25) is 0 Å². The molecule has 6 heteroatoms. The van der Waals surface area contributed by atoms with Gasteiger partial charge >= 0.3 is 0 Å². The molecule has 5 rings (SSSR count). The molecular weight excluding hydrogens is 412 g/mol. The van der Waals surface area contributed by atoms with Gasteiger partial charge in [-0.2, -0.15) is 0 Å². The number of benzene rings is 2. The average molecular weight is 437 g/mol. The molecule has 0 saturated heterocycles. The zero-order chi connectivity index (χ0) is 22.6. The second-order valence-electron chi connectivity index (χ2n) is 8.07. The Bertz CT molecular complexity index is 1300. The van der Waals surface area contributed by atoms with Crippen molar-refractivity contribution in [2.45, 2.75) is 12.5 Å². The van der Waals surface area contributed by atoms with Crippen molar-refractivity contribution in [2.75, 3.05) is 11.9 Å². The van der Waals surface area contributed by atoms with Crippen molar-refractivity contribution in [3.63, 3.8) is 0 Å². The van der Waals surface area contributed by atoms with Crippen LogP contribution >= 0.6 is 0 Å². The molecule has 6 nitrogen and oxygen atoms in total. The van der Waals surface area contributed by atoms with Crippen molar-refractivity contribution in [3.8, 4) is 16.9 Å². The van der Waals surface area contributed by atoms with Crippen LogP contribution in [0.2, 0.25) is 0 Å². The first-order chi connectivity index (χ1) is 16.2. The van der Waals surface area contributed by atoms with Gasteiger partial charge in [0.05, 0.1) is 11.8 Å². The third-order valence-corrected chi connectivity index (χ3v) is 5.58. The first-order valence-corrected chi connectivity index (χ1v) is 10.8. The van der Waals surface area contributed by atoms with E-state index in [9.17, 15) is 4.79 Å². The van der Waals surface area contributed by atoms with Crippen LogP contribution in [0.25, 0.3) is 22.8 Å². The van der Waals surface area contributed by atoms with E-state index < -0.39 is 0 Å². The van der Waals surface area contributed by atoms with Crippen molar-refractivity contribution in [1.29, 1.82) is 0 Å². The second kappa shape index (κ2) is 9.14. The number of pyridine rings is 1. The van der Waals surface area contributed by atoms with E-state index >= 15 is 0 Å². The fourth-order valence-corrected chi connectivity index (χ4v) is 3.94. The molecule has 0 fully saturated rings. The molecule has 1 aliphatic heterocycles. The molecule has 0 aliphatic carbocycles. The predicted molar refractivity (Wildman–Crippen MR) is 131 cm³/mol. The quantitative estimate of drug-likeness (QED) is 0.372. The van der Waals surface area contributed by atoms with Gasteiger partial charge in [0.1, 0.15) is 12.4 Å². The van der Waals surface area contributed by atoms with Crippen LogP contribution in [0.3, 0.4) is 0 Å². The summed E-state index contributed by atoms with van der Waals surface area (Å²) in [5, 5.41) is 2.93. The topological polar surface area (TPSA) is 93.0 Å². The molecule has 2 aromatic carbocycles. The van der Waals surface area contributed by atoms with Gasteiger partial charge < -0.3 is 20.8 Å². The lowest BCUT2D eigenvalue weighted by molar-refractivity contribution is -0.110. The zero-order valence-electron chi connectivity index (χ0n) is 18.0. The van der Waals surface area contributed by atoms with E-state index in [0.717, 1.165) is 34.5 Å². The number of aromatic nitrogens is 2. The van der Waals surface area contributed by atoms with Crippen LogP contribution < -0.4 is 15.8 Å². The number of ether oxygens (including phenoxy) is 1. The second-order valence-corrected chi connectivity index (χ2v) is 8.07. The van der Waals surface area contributed by atoms with Gasteiger partial charge in [0.25, 0.3) is 5.91 Å². The number of hydrogen-bond acceptors (Lipinski definition) is 4. The van der Waals surface area contributed by atoms with Gasteiger partial charge in [-0.1, -0.05) is 36.4 Å². The van der Waals surface area contributed by atoms with Crippen LogP contribution in [-0.2, 0) is 11.2 Å². The van der Waals surface area contributed by atoms with E-state index in [1.54, 1.807) is 12.4 Å². The summed E-state index contributed by atoms with van der Waals surface area (Å²) in [6.45, 7) is 0.395. The number of rotatable bonds is 7. The highest BCUT2D eigenvalue weighted by Gasteiger charge is 2.24. The van der Waals surface area contributed by atoms with E-state index in [0.29, 0.717) is 17.9 Å². The SMILES string of the molecule is N[C@H](COc1cncc(-c2ccc3c(c2)C(=Cc2ccc[nH]2)C(=O)N3)c1)Cc1ccccc1. The van der Waals surface area contributed by atoms with Crippen molar-refractivity contribution in [1.82, 2.24) is 9.97 Å². The number of anilines is 1. The molecule has 164 valence electrons. The number of nitrogens with zero attached hydrogens (tertiary/aromatic N) is 1. The molecule has 0 spiro atoms. The Morgan fingerprint density at radius 1 is 1.00 bits per heavy atom. The van der Waals surface area contributed by atoms with Crippen molar-refractivity contribution in [3.05, 3.63) is 102 Å². The van der Waals surface area contributed by atoms with Crippen molar-refractivity contribution >= 4 is 23.2 Å². The number of carbonyl (C=O) groups is 1. The molecule has 4 N–H and O–H groups in total. The molecule has 33 heavy (non-hydrogen) atoms. The lowest BCUT2D eigenvalue weighted by atomic mass is 10.00. The Morgan fingerprint density at radius 2 is 1.88 bits per heavy atom. The van der Waals surface area contributed by atoms with Crippen LogP contribution in [0, 0.1) is 0 Å². The standard InChI is InChI=1S/C27H24N4O2/c28-21(11-18-5-2-1-3-6-18)17-33-23-12-20(15-29-16-23)19-8-9-26-24(13-19)25(27(32)31-26)14-22-7-4-10-30-22/h1-10,12-16,21,30H,11,17,28H2,(H,31,32)/t21-/m0/s1. The van der Waals surface area contributed by atoms with Crippen molar-refractivity contribution in [2.24, 2.45) is 5.73 Å². The molecular formula is C27H24N4O2. The largest absolute Gasteiger partial charge is 0.490 e. The Kier molecular flexibility index (Phi) is 5.74. The summed E-state index contributed by atoms with van der Waals surface area (Å²) in [5.74, 6) is 0.548. The van der Waals surface area contributed by atoms with Gasteiger partial charge in [-0.25, -0.2) is 0 Å². The average Bonchev–Trinajstić information content (AvgIpc) is 3.46. The predicted octanol–water partition coefficient (Wildman–Crippen LogP) is 4.52. The number of nitrogens with two attached hydrogens (primary N) is 1. The summed E-state index contributed by atoms with van der Waals surface area (Å²) in [7, 11) is 0. The van der Waals surface area contributed by atoms with Crippen LogP contribution in [0.1, 0.15) is 16.8 Å². The first-order valence-electron chi connectivity index (χ1n) is 10.8. The Morgan fingerprint density at radius 3 is 2.70 bits per heavy atom. The maximum absolute atomic E-state index is 12.5. The highest BCUT2D eigenvalue weighted by molar-refractivity contribution is 6.35. The number of H-pyrrole nitrogens is 1. The van der Waals surface area contributed by atoms with Crippen LogP contribution in [0.15, 0.2) is 85.3 Å². The van der Waals surface area contributed by atoms with Gasteiger partial charge in [0.15, 0.2) is 0 Å². The monoisotopic (exact) mass is 436 g/mol. The van der Waals surface area contributed by atoms with Crippen molar-refractivity contribution < 1.29 is 9.53 Å². The minimum Gasteiger partial charge on any atom is -0.490 e. The van der Waals surface area contributed by atoms with Crippen LogP contribution in [-0.4, -0.2) is 28.5 Å². The summed E-state index contributed by atoms with van der Waals surface area (Å²) in [6, 6.07) is 21.7. The van der Waals surface area contributed by atoms with Gasteiger partial charge in [-0.3, -0.25) is 9.78 Å². The number of amides is 1.